The number of Topliss-reactive ketones (excluding diaryl/α,β-unsaturated/α-hetero) is 1. The Hall–Kier alpha value is -1.12. The normalized spacial score (nSPS) is 21.6. The first-order valence-corrected chi connectivity index (χ1v) is 6.89. The molecule has 0 radical (unpaired) electrons. The summed E-state index contributed by atoms with van der Waals surface area (Å²) in [7, 11) is 0. The molecule has 0 atom stereocenters. The highest BCUT2D eigenvalue weighted by Gasteiger charge is 2.26. The first-order chi connectivity index (χ1) is 8.33. The molecule has 2 saturated carbocycles. The predicted octanol–water partition coefficient (Wildman–Crippen LogP) is 2.91. The molecule has 0 aliphatic heterocycles. The molecule has 2 aliphatic carbocycles. The number of ketones is 1. The van der Waals surface area contributed by atoms with Gasteiger partial charge in [0.15, 0.2) is 0 Å². The second-order valence-electron chi connectivity index (χ2n) is 5.50. The van der Waals surface area contributed by atoms with E-state index in [-0.39, 0.29) is 0 Å². The summed E-state index contributed by atoms with van der Waals surface area (Å²) in [6.07, 6.45) is 11.2. The number of aromatic nitrogens is 2. The molecule has 0 N–H and O–H groups in total. The molecule has 3 rings (SSSR count). The third kappa shape index (κ3) is 2.28. The predicted molar refractivity (Wildman–Crippen MR) is 65.8 cm³/mol. The molecule has 3 nitrogen and oxygen atoms in total. The molecule has 0 amide bonds. The Morgan fingerprint density at radius 1 is 1.24 bits per heavy atom. The maximum Gasteiger partial charge on any atom is 0.141 e. The van der Waals surface area contributed by atoms with Crippen molar-refractivity contribution in [2.75, 3.05) is 0 Å². The van der Waals surface area contributed by atoms with Crippen LogP contribution >= 0.6 is 0 Å². The van der Waals surface area contributed by atoms with E-state index >= 15 is 0 Å². The van der Waals surface area contributed by atoms with Gasteiger partial charge in [-0.05, 0) is 31.7 Å². The fourth-order valence-corrected chi connectivity index (χ4v) is 2.90. The van der Waals surface area contributed by atoms with E-state index in [4.69, 9.17) is 0 Å². The van der Waals surface area contributed by atoms with Gasteiger partial charge >= 0.3 is 0 Å². The summed E-state index contributed by atoms with van der Waals surface area (Å²) in [5, 5.41) is 4.57. The molecule has 92 valence electrons. The summed E-state index contributed by atoms with van der Waals surface area (Å²) in [6, 6.07) is 2.61. The Labute approximate surface area is 102 Å². The Balaban J connectivity index is 1.61. The van der Waals surface area contributed by atoms with Crippen molar-refractivity contribution in [1.29, 1.82) is 0 Å². The molecular formula is C14H20N2O. The molecule has 0 bridgehead atoms. The number of rotatable bonds is 4. The Morgan fingerprint density at radius 2 is 2.00 bits per heavy atom. The van der Waals surface area contributed by atoms with E-state index in [0.717, 1.165) is 18.5 Å². The number of nitrogens with zero attached hydrogens (tertiary/aromatic N) is 2. The molecule has 17 heavy (non-hydrogen) atoms. The third-order valence-electron chi connectivity index (χ3n) is 4.28. The smallest absolute Gasteiger partial charge is 0.141 e. The second-order valence-corrected chi connectivity index (χ2v) is 5.50. The molecule has 1 aromatic heterocycles. The Morgan fingerprint density at radius 3 is 2.65 bits per heavy atom. The molecule has 1 heterocycles. The van der Waals surface area contributed by atoms with Crippen molar-refractivity contribution in [3.05, 3.63) is 18.0 Å². The molecule has 0 aromatic carbocycles. The number of hydrogen-bond donors (Lipinski definition) is 0. The van der Waals surface area contributed by atoms with E-state index in [1.807, 2.05) is 6.07 Å². The minimum Gasteiger partial charge on any atom is -0.299 e. The molecular weight excluding hydrogens is 212 g/mol. The molecule has 0 saturated heterocycles. The van der Waals surface area contributed by atoms with Gasteiger partial charge in [-0.15, -0.1) is 0 Å². The van der Waals surface area contributed by atoms with Gasteiger partial charge in [0, 0.05) is 12.1 Å². The highest BCUT2D eigenvalue weighted by Crippen LogP contribution is 2.30. The van der Waals surface area contributed by atoms with Crippen molar-refractivity contribution < 1.29 is 4.79 Å². The van der Waals surface area contributed by atoms with Gasteiger partial charge in [0.25, 0.3) is 0 Å². The fourth-order valence-electron chi connectivity index (χ4n) is 2.90. The topological polar surface area (TPSA) is 34.9 Å². The lowest BCUT2D eigenvalue weighted by Gasteiger charge is -2.23. The second kappa shape index (κ2) is 4.63. The van der Waals surface area contributed by atoms with Gasteiger partial charge < -0.3 is 0 Å². The van der Waals surface area contributed by atoms with Gasteiger partial charge in [-0.1, -0.05) is 19.3 Å². The van der Waals surface area contributed by atoms with Crippen LogP contribution in [0.2, 0.25) is 0 Å². The molecule has 0 spiro atoms. The van der Waals surface area contributed by atoms with Crippen LogP contribution in [0.3, 0.4) is 0 Å². The lowest BCUT2D eigenvalue weighted by molar-refractivity contribution is -0.124. The highest BCUT2D eigenvalue weighted by atomic mass is 16.1. The van der Waals surface area contributed by atoms with Crippen molar-refractivity contribution in [1.82, 2.24) is 9.78 Å². The maximum atomic E-state index is 11.9. The van der Waals surface area contributed by atoms with Crippen LogP contribution < -0.4 is 0 Å². The lowest BCUT2D eigenvalue weighted by atomic mass is 9.81. The van der Waals surface area contributed by atoms with Crippen molar-refractivity contribution in [2.45, 2.75) is 57.4 Å². The van der Waals surface area contributed by atoms with Crippen LogP contribution in [-0.4, -0.2) is 15.6 Å². The van der Waals surface area contributed by atoms with Gasteiger partial charge in [0.2, 0.25) is 0 Å². The first kappa shape index (κ1) is 11.0. The average Bonchev–Trinajstić information content (AvgIpc) is 2.82. The standard InChI is InChI=1S/C14H20N2O/c17-14(11-4-3-5-11)10-12-8-9-16(15-12)13-6-1-2-7-13/h8-9,11,13H,1-7,10H2. The molecule has 3 heteroatoms. The molecule has 0 unspecified atom stereocenters. The monoisotopic (exact) mass is 232 g/mol. The Bertz CT molecular complexity index is 400. The van der Waals surface area contributed by atoms with Crippen LogP contribution in [0.4, 0.5) is 0 Å². The largest absolute Gasteiger partial charge is 0.299 e. The first-order valence-electron chi connectivity index (χ1n) is 6.89. The van der Waals surface area contributed by atoms with Gasteiger partial charge in [-0.3, -0.25) is 9.48 Å². The summed E-state index contributed by atoms with van der Waals surface area (Å²) >= 11 is 0. The summed E-state index contributed by atoms with van der Waals surface area (Å²) < 4.78 is 2.08. The van der Waals surface area contributed by atoms with E-state index in [0.29, 0.717) is 24.2 Å². The third-order valence-corrected chi connectivity index (χ3v) is 4.28. The van der Waals surface area contributed by atoms with E-state index in [1.165, 1.54) is 32.1 Å². The SMILES string of the molecule is O=C(Cc1ccn(C2CCCC2)n1)C1CCC1. The van der Waals surface area contributed by atoms with Crippen LogP contribution in [-0.2, 0) is 11.2 Å². The van der Waals surface area contributed by atoms with Gasteiger partial charge in [-0.2, -0.15) is 5.10 Å². The zero-order chi connectivity index (χ0) is 11.7. The number of hydrogen-bond acceptors (Lipinski definition) is 2. The molecule has 1 aromatic rings. The van der Waals surface area contributed by atoms with Crippen LogP contribution in [0.5, 0.6) is 0 Å². The maximum absolute atomic E-state index is 11.9. The lowest BCUT2D eigenvalue weighted by Crippen LogP contribution is -2.23. The van der Waals surface area contributed by atoms with Gasteiger partial charge in [0.1, 0.15) is 5.78 Å². The summed E-state index contributed by atoms with van der Waals surface area (Å²) in [6.45, 7) is 0. The van der Waals surface area contributed by atoms with Crippen LogP contribution in [0, 0.1) is 5.92 Å². The van der Waals surface area contributed by atoms with E-state index < -0.39 is 0 Å². The van der Waals surface area contributed by atoms with Crippen molar-refractivity contribution in [3.8, 4) is 0 Å². The van der Waals surface area contributed by atoms with Crippen molar-refractivity contribution >= 4 is 5.78 Å². The number of carbonyl (C=O) groups excluding carboxylic acids is 1. The van der Waals surface area contributed by atoms with Crippen LogP contribution in [0.15, 0.2) is 12.3 Å². The summed E-state index contributed by atoms with van der Waals surface area (Å²) in [4.78, 5) is 11.9. The average molecular weight is 232 g/mol. The van der Waals surface area contributed by atoms with Crippen molar-refractivity contribution in [3.63, 3.8) is 0 Å². The summed E-state index contributed by atoms with van der Waals surface area (Å²) in [5.41, 5.74) is 0.966. The van der Waals surface area contributed by atoms with Crippen molar-refractivity contribution in [2.24, 2.45) is 5.92 Å². The molecule has 2 aliphatic rings. The Kier molecular flexibility index (Phi) is 3.00. The fraction of sp³-hybridized carbons (Fsp3) is 0.714. The van der Waals surface area contributed by atoms with E-state index in [1.54, 1.807) is 0 Å². The van der Waals surface area contributed by atoms with E-state index in [9.17, 15) is 4.79 Å². The van der Waals surface area contributed by atoms with E-state index in [2.05, 4.69) is 16.0 Å². The number of carbonyl (C=O) groups is 1. The zero-order valence-electron chi connectivity index (χ0n) is 10.3. The zero-order valence-corrected chi connectivity index (χ0v) is 10.3. The minimum absolute atomic E-state index is 0.339. The van der Waals surface area contributed by atoms with Crippen LogP contribution in [0.25, 0.3) is 0 Å². The molecule has 2 fully saturated rings. The van der Waals surface area contributed by atoms with Crippen LogP contribution in [0.1, 0.15) is 56.7 Å². The summed E-state index contributed by atoms with van der Waals surface area (Å²) in [5.74, 6) is 0.736. The van der Waals surface area contributed by atoms with Gasteiger partial charge in [0.05, 0.1) is 18.2 Å². The highest BCUT2D eigenvalue weighted by molar-refractivity contribution is 5.83. The minimum atomic E-state index is 0.339. The quantitative estimate of drug-likeness (QED) is 0.800. The van der Waals surface area contributed by atoms with Gasteiger partial charge in [-0.25, -0.2) is 0 Å².